The molecule has 4 unspecified atom stereocenters. The van der Waals surface area contributed by atoms with E-state index >= 15 is 0 Å². The van der Waals surface area contributed by atoms with Gasteiger partial charge in [0.15, 0.2) is 0 Å². The normalized spacial score (nSPS) is 15.8. The van der Waals surface area contributed by atoms with Gasteiger partial charge in [-0.1, -0.05) is 13.8 Å². The van der Waals surface area contributed by atoms with E-state index in [0.29, 0.717) is 0 Å². The number of hydrogen-bond donors (Lipinski definition) is 6. The fourth-order valence-electron chi connectivity index (χ4n) is 1.65. The van der Waals surface area contributed by atoms with E-state index in [4.69, 9.17) is 15.9 Å². The van der Waals surface area contributed by atoms with E-state index in [0.717, 1.165) is 0 Å². The molecule has 3 amide bonds. The molecule has 0 aliphatic rings. The van der Waals surface area contributed by atoms with Gasteiger partial charge in [-0.15, -0.1) is 0 Å². The highest BCUT2D eigenvalue weighted by molar-refractivity contribution is 5.93. The molecule has 0 heterocycles. The first-order valence-electron chi connectivity index (χ1n) is 7.51. The molecule has 0 saturated heterocycles. The quantitative estimate of drug-likeness (QED) is 0.269. The van der Waals surface area contributed by atoms with Crippen molar-refractivity contribution in [1.29, 1.82) is 0 Å². The van der Waals surface area contributed by atoms with Crippen LogP contribution in [0.4, 0.5) is 0 Å². The number of carboxylic acid groups (broad SMARTS) is 1. The number of carbonyl (C=O) groups is 4. The van der Waals surface area contributed by atoms with Crippen molar-refractivity contribution >= 4 is 23.7 Å². The molecule has 10 nitrogen and oxygen atoms in total. The maximum Gasteiger partial charge on any atom is 0.325 e. The highest BCUT2D eigenvalue weighted by Gasteiger charge is 2.29. The van der Waals surface area contributed by atoms with Crippen LogP contribution < -0.4 is 21.7 Å². The zero-order valence-corrected chi connectivity index (χ0v) is 14.2. The number of carboxylic acids is 1. The fraction of sp³-hybridized carbons (Fsp3) is 0.714. The van der Waals surface area contributed by atoms with Crippen molar-refractivity contribution in [3.8, 4) is 0 Å². The Morgan fingerprint density at radius 3 is 1.79 bits per heavy atom. The van der Waals surface area contributed by atoms with E-state index in [1.807, 2.05) is 0 Å². The van der Waals surface area contributed by atoms with E-state index in [9.17, 15) is 19.2 Å². The van der Waals surface area contributed by atoms with Gasteiger partial charge in [-0.25, -0.2) is 0 Å². The van der Waals surface area contributed by atoms with Crippen molar-refractivity contribution in [3.63, 3.8) is 0 Å². The van der Waals surface area contributed by atoms with Gasteiger partial charge in [-0.2, -0.15) is 0 Å². The molecule has 0 aliphatic heterocycles. The van der Waals surface area contributed by atoms with Crippen LogP contribution >= 0.6 is 0 Å². The van der Waals surface area contributed by atoms with Gasteiger partial charge in [0.1, 0.15) is 24.2 Å². The first-order valence-corrected chi connectivity index (χ1v) is 7.51. The number of hydrogen-bond acceptors (Lipinski definition) is 6. The molecule has 0 aromatic heterocycles. The molecule has 0 aromatic carbocycles. The summed E-state index contributed by atoms with van der Waals surface area (Å²) >= 11 is 0. The third-order valence-electron chi connectivity index (χ3n) is 3.26. The van der Waals surface area contributed by atoms with Crippen LogP contribution in [0.3, 0.4) is 0 Å². The SMILES string of the molecule is CC(NC(=O)C(C)NC(=O)C(NC(=O)C(N)CO)C(C)C)C(=O)O. The second kappa shape index (κ2) is 9.83. The van der Waals surface area contributed by atoms with E-state index in [1.165, 1.54) is 13.8 Å². The number of nitrogens with one attached hydrogen (secondary N) is 3. The Hall–Kier alpha value is -2.20. The van der Waals surface area contributed by atoms with E-state index in [1.54, 1.807) is 13.8 Å². The van der Waals surface area contributed by atoms with E-state index in [-0.39, 0.29) is 5.92 Å². The molecular weight excluding hydrogens is 320 g/mol. The Balaban J connectivity index is 4.80. The number of nitrogens with two attached hydrogens (primary N) is 1. The summed E-state index contributed by atoms with van der Waals surface area (Å²) in [6.45, 7) is 5.49. The lowest BCUT2D eigenvalue weighted by Gasteiger charge is -2.25. The number of carbonyl (C=O) groups excluding carboxylic acids is 3. The second-order valence-corrected chi connectivity index (χ2v) is 5.82. The Morgan fingerprint density at radius 2 is 1.38 bits per heavy atom. The minimum Gasteiger partial charge on any atom is -0.480 e. The van der Waals surface area contributed by atoms with Crippen molar-refractivity contribution in [2.75, 3.05) is 6.61 Å². The maximum absolute atomic E-state index is 12.2. The molecule has 7 N–H and O–H groups in total. The lowest BCUT2D eigenvalue weighted by molar-refractivity contribution is -0.141. The standard InChI is InChI=1S/C14H26N4O6/c1-6(2)10(18-12(21)9(15)5-19)13(22)16-7(3)11(20)17-8(4)14(23)24/h6-10,19H,5,15H2,1-4H3,(H,16,22)(H,17,20)(H,18,21)(H,23,24). The van der Waals surface area contributed by atoms with Gasteiger partial charge in [0.25, 0.3) is 0 Å². The van der Waals surface area contributed by atoms with Crippen molar-refractivity contribution in [1.82, 2.24) is 16.0 Å². The highest BCUT2D eigenvalue weighted by Crippen LogP contribution is 2.03. The summed E-state index contributed by atoms with van der Waals surface area (Å²) in [5, 5.41) is 24.6. The molecule has 0 bridgehead atoms. The number of aliphatic hydroxyl groups is 1. The largest absolute Gasteiger partial charge is 0.480 e. The molecule has 10 heteroatoms. The van der Waals surface area contributed by atoms with Crippen molar-refractivity contribution < 1.29 is 29.4 Å². The zero-order chi connectivity index (χ0) is 19.0. The van der Waals surface area contributed by atoms with Crippen LogP contribution in [0.5, 0.6) is 0 Å². The maximum atomic E-state index is 12.2. The van der Waals surface area contributed by atoms with Gasteiger partial charge < -0.3 is 31.9 Å². The van der Waals surface area contributed by atoms with E-state index < -0.39 is 54.5 Å². The highest BCUT2D eigenvalue weighted by atomic mass is 16.4. The smallest absolute Gasteiger partial charge is 0.325 e. The number of aliphatic carboxylic acids is 1. The minimum absolute atomic E-state index is 0.298. The Bertz CT molecular complexity index is 482. The zero-order valence-electron chi connectivity index (χ0n) is 14.2. The first kappa shape index (κ1) is 21.8. The lowest BCUT2D eigenvalue weighted by Crippen LogP contribution is -2.57. The summed E-state index contributed by atoms with van der Waals surface area (Å²) in [6.07, 6.45) is 0. The molecule has 0 aromatic rings. The summed E-state index contributed by atoms with van der Waals surface area (Å²) in [4.78, 5) is 46.5. The van der Waals surface area contributed by atoms with Crippen LogP contribution in [0.1, 0.15) is 27.7 Å². The van der Waals surface area contributed by atoms with Gasteiger partial charge in [-0.3, -0.25) is 19.2 Å². The van der Waals surface area contributed by atoms with Gasteiger partial charge >= 0.3 is 5.97 Å². The summed E-state index contributed by atoms with van der Waals surface area (Å²) < 4.78 is 0. The predicted octanol–water partition coefficient (Wildman–Crippen LogP) is -2.46. The molecule has 24 heavy (non-hydrogen) atoms. The first-order chi connectivity index (χ1) is 11.0. The third-order valence-corrected chi connectivity index (χ3v) is 3.26. The number of rotatable bonds is 9. The van der Waals surface area contributed by atoms with Crippen molar-refractivity contribution in [3.05, 3.63) is 0 Å². The molecule has 0 aliphatic carbocycles. The summed E-state index contributed by atoms with van der Waals surface area (Å²) in [5.41, 5.74) is 5.38. The summed E-state index contributed by atoms with van der Waals surface area (Å²) in [6, 6.07) is -4.21. The average Bonchev–Trinajstić information content (AvgIpc) is 2.50. The minimum atomic E-state index is -1.20. The molecule has 0 fully saturated rings. The summed E-state index contributed by atoms with van der Waals surface area (Å²) in [7, 11) is 0. The summed E-state index contributed by atoms with van der Waals surface area (Å²) in [5.74, 6) is -3.48. The fourth-order valence-corrected chi connectivity index (χ4v) is 1.65. The lowest BCUT2D eigenvalue weighted by atomic mass is 10.0. The Morgan fingerprint density at radius 1 is 0.875 bits per heavy atom. The molecule has 0 rings (SSSR count). The molecule has 0 radical (unpaired) electrons. The van der Waals surface area contributed by atoms with Crippen molar-refractivity contribution in [2.24, 2.45) is 11.7 Å². The third kappa shape index (κ3) is 6.92. The van der Waals surface area contributed by atoms with Crippen LogP contribution in [-0.4, -0.2) is 64.7 Å². The van der Waals surface area contributed by atoms with Gasteiger partial charge in [0.05, 0.1) is 6.61 Å². The van der Waals surface area contributed by atoms with Gasteiger partial charge in [0, 0.05) is 0 Å². The molecule has 0 spiro atoms. The number of aliphatic hydroxyl groups excluding tert-OH is 1. The van der Waals surface area contributed by atoms with Crippen molar-refractivity contribution in [2.45, 2.75) is 51.9 Å². The number of amides is 3. The predicted molar refractivity (Wildman–Crippen MR) is 84.7 cm³/mol. The van der Waals surface area contributed by atoms with Crippen LogP contribution in [0.25, 0.3) is 0 Å². The molecule has 0 saturated carbocycles. The average molecular weight is 346 g/mol. The topological polar surface area (TPSA) is 171 Å². The molecule has 138 valence electrons. The van der Waals surface area contributed by atoms with Crippen LogP contribution in [0.2, 0.25) is 0 Å². The molecular formula is C14H26N4O6. The monoisotopic (exact) mass is 346 g/mol. The van der Waals surface area contributed by atoms with Crippen LogP contribution in [0.15, 0.2) is 0 Å². The van der Waals surface area contributed by atoms with E-state index in [2.05, 4.69) is 16.0 Å². The Labute approximate surface area is 140 Å². The van der Waals surface area contributed by atoms with Gasteiger partial charge in [-0.05, 0) is 19.8 Å². The molecule has 4 atom stereocenters. The van der Waals surface area contributed by atoms with Crippen LogP contribution in [0, 0.1) is 5.92 Å². The van der Waals surface area contributed by atoms with Gasteiger partial charge in [0.2, 0.25) is 17.7 Å². The second-order valence-electron chi connectivity index (χ2n) is 5.82. The van der Waals surface area contributed by atoms with Crippen LogP contribution in [-0.2, 0) is 19.2 Å². The Kier molecular flexibility index (Phi) is 8.93.